The average molecular weight is 250 g/mol. The lowest BCUT2D eigenvalue weighted by Crippen LogP contribution is -2.42. The summed E-state index contributed by atoms with van der Waals surface area (Å²) in [7, 11) is 5.60. The maximum atomic E-state index is 12.0. The number of nitrogens with zero attached hydrogens (tertiary/aromatic N) is 4. The molecule has 0 unspecified atom stereocenters. The van der Waals surface area contributed by atoms with E-state index in [4.69, 9.17) is 0 Å². The first-order chi connectivity index (χ1) is 8.56. The van der Waals surface area contributed by atoms with Crippen LogP contribution in [0.2, 0.25) is 0 Å². The van der Waals surface area contributed by atoms with E-state index in [1.54, 1.807) is 4.90 Å². The molecule has 1 aliphatic heterocycles. The first-order valence-corrected chi connectivity index (χ1v) is 6.47. The summed E-state index contributed by atoms with van der Waals surface area (Å²) in [4.78, 5) is 16.0. The number of likely N-dealkylation sites (tertiary alicyclic amines) is 1. The molecule has 100 valence electrons. The molecule has 2 heterocycles. The lowest BCUT2D eigenvalue weighted by molar-refractivity contribution is -0.134. The molecule has 0 N–H and O–H groups in total. The van der Waals surface area contributed by atoms with Crippen LogP contribution in [0.1, 0.15) is 18.4 Å². The number of carbonyl (C=O) groups excluding carboxylic acids is 1. The van der Waals surface area contributed by atoms with Crippen molar-refractivity contribution in [2.24, 2.45) is 13.0 Å². The Kier molecular flexibility index (Phi) is 4.01. The lowest BCUT2D eigenvalue weighted by atomic mass is 9.96. The van der Waals surface area contributed by atoms with Crippen molar-refractivity contribution in [3.63, 3.8) is 0 Å². The van der Waals surface area contributed by atoms with Gasteiger partial charge < -0.3 is 4.90 Å². The number of hydrogen-bond acceptors (Lipinski definition) is 3. The van der Waals surface area contributed by atoms with Crippen LogP contribution >= 0.6 is 0 Å². The Balaban J connectivity index is 1.92. The summed E-state index contributed by atoms with van der Waals surface area (Å²) in [5.41, 5.74) is 1.22. The molecule has 0 aliphatic carbocycles. The zero-order valence-electron chi connectivity index (χ0n) is 11.5. The molecule has 1 atom stereocenters. The summed E-state index contributed by atoms with van der Waals surface area (Å²) in [5.74, 6) is 0.413. The van der Waals surface area contributed by atoms with Crippen molar-refractivity contribution in [2.45, 2.75) is 19.4 Å². The van der Waals surface area contributed by atoms with Gasteiger partial charge in [-0.1, -0.05) is 0 Å². The molecular formula is C13H22N4O. The van der Waals surface area contributed by atoms with Crippen molar-refractivity contribution in [1.82, 2.24) is 19.6 Å². The van der Waals surface area contributed by atoms with Gasteiger partial charge in [-0.05, 0) is 19.4 Å². The topological polar surface area (TPSA) is 41.4 Å². The van der Waals surface area contributed by atoms with Gasteiger partial charge in [0, 0.05) is 46.0 Å². The van der Waals surface area contributed by atoms with E-state index in [1.807, 2.05) is 38.2 Å². The van der Waals surface area contributed by atoms with E-state index in [0.29, 0.717) is 0 Å². The van der Waals surface area contributed by atoms with Crippen LogP contribution in [-0.2, 0) is 18.4 Å². The molecular weight excluding hydrogens is 228 g/mol. The van der Waals surface area contributed by atoms with Crippen LogP contribution < -0.4 is 0 Å². The maximum Gasteiger partial charge on any atom is 0.226 e. The predicted molar refractivity (Wildman–Crippen MR) is 69.9 cm³/mol. The SMILES string of the molecule is CN(C)C(=O)[C@@H]1CCCN(Cc2cnn(C)c2)C1. The second kappa shape index (κ2) is 5.52. The van der Waals surface area contributed by atoms with E-state index >= 15 is 0 Å². The van der Waals surface area contributed by atoms with Crippen LogP contribution in [0.15, 0.2) is 12.4 Å². The zero-order chi connectivity index (χ0) is 13.1. The number of carbonyl (C=O) groups is 1. The summed E-state index contributed by atoms with van der Waals surface area (Å²) in [6.07, 6.45) is 6.06. The number of rotatable bonds is 3. The van der Waals surface area contributed by atoms with Gasteiger partial charge >= 0.3 is 0 Å². The Hall–Kier alpha value is -1.36. The molecule has 0 radical (unpaired) electrons. The molecule has 1 amide bonds. The first-order valence-electron chi connectivity index (χ1n) is 6.47. The van der Waals surface area contributed by atoms with Crippen molar-refractivity contribution < 1.29 is 4.79 Å². The third-order valence-electron chi connectivity index (χ3n) is 3.46. The Morgan fingerprint density at radius 1 is 1.56 bits per heavy atom. The van der Waals surface area contributed by atoms with Gasteiger partial charge in [-0.25, -0.2) is 0 Å². The van der Waals surface area contributed by atoms with E-state index in [-0.39, 0.29) is 11.8 Å². The van der Waals surface area contributed by atoms with Crippen molar-refractivity contribution in [3.05, 3.63) is 18.0 Å². The highest BCUT2D eigenvalue weighted by Crippen LogP contribution is 2.19. The maximum absolute atomic E-state index is 12.0. The molecule has 1 saturated heterocycles. The number of piperidine rings is 1. The second-order valence-electron chi connectivity index (χ2n) is 5.33. The molecule has 0 spiro atoms. The van der Waals surface area contributed by atoms with Gasteiger partial charge in [0.25, 0.3) is 0 Å². The van der Waals surface area contributed by atoms with Gasteiger partial charge in [0.05, 0.1) is 12.1 Å². The molecule has 18 heavy (non-hydrogen) atoms. The molecule has 0 aromatic carbocycles. The van der Waals surface area contributed by atoms with Crippen LogP contribution in [0.5, 0.6) is 0 Å². The fourth-order valence-electron chi connectivity index (χ4n) is 2.58. The average Bonchev–Trinajstić information content (AvgIpc) is 2.74. The monoisotopic (exact) mass is 250 g/mol. The highest BCUT2D eigenvalue weighted by Gasteiger charge is 2.26. The van der Waals surface area contributed by atoms with Crippen LogP contribution in [0.25, 0.3) is 0 Å². The van der Waals surface area contributed by atoms with Gasteiger partial charge in [-0.3, -0.25) is 14.4 Å². The van der Waals surface area contributed by atoms with Gasteiger partial charge in [0.1, 0.15) is 0 Å². The largest absolute Gasteiger partial charge is 0.349 e. The Labute approximate surface area is 108 Å². The standard InChI is InChI=1S/C13H22N4O/c1-15(2)13(18)12-5-4-6-17(10-12)9-11-7-14-16(3)8-11/h7-8,12H,4-6,9-10H2,1-3H3/t12-/m1/s1. The molecule has 5 nitrogen and oxygen atoms in total. The Bertz CT molecular complexity index is 413. The molecule has 1 fully saturated rings. The van der Waals surface area contributed by atoms with Crippen molar-refractivity contribution in [1.29, 1.82) is 0 Å². The number of aryl methyl sites for hydroxylation is 1. The summed E-state index contributed by atoms with van der Waals surface area (Å²) < 4.78 is 1.82. The van der Waals surface area contributed by atoms with E-state index in [1.165, 1.54) is 5.56 Å². The van der Waals surface area contributed by atoms with Crippen molar-refractivity contribution in [3.8, 4) is 0 Å². The van der Waals surface area contributed by atoms with Gasteiger partial charge in [0.2, 0.25) is 5.91 Å². The van der Waals surface area contributed by atoms with E-state index in [9.17, 15) is 4.79 Å². The Morgan fingerprint density at radius 3 is 2.94 bits per heavy atom. The minimum Gasteiger partial charge on any atom is -0.349 e. The van der Waals surface area contributed by atoms with Gasteiger partial charge in [-0.15, -0.1) is 0 Å². The first kappa shape index (κ1) is 13.1. The molecule has 1 aromatic rings. The molecule has 5 heteroatoms. The minimum absolute atomic E-state index is 0.158. The highest BCUT2D eigenvalue weighted by atomic mass is 16.2. The van der Waals surface area contributed by atoms with Crippen LogP contribution in [0, 0.1) is 5.92 Å². The molecule has 1 aromatic heterocycles. The van der Waals surface area contributed by atoms with E-state index < -0.39 is 0 Å². The van der Waals surface area contributed by atoms with Crippen molar-refractivity contribution in [2.75, 3.05) is 27.2 Å². The summed E-state index contributed by atoms with van der Waals surface area (Å²) in [6.45, 7) is 2.84. The Morgan fingerprint density at radius 2 is 2.33 bits per heavy atom. The zero-order valence-corrected chi connectivity index (χ0v) is 11.5. The lowest BCUT2D eigenvalue weighted by Gasteiger charge is -2.32. The number of aromatic nitrogens is 2. The predicted octanol–water partition coefficient (Wildman–Crippen LogP) is 0.720. The van der Waals surface area contributed by atoms with Crippen LogP contribution in [0.3, 0.4) is 0 Å². The van der Waals surface area contributed by atoms with E-state index in [2.05, 4.69) is 10.00 Å². The normalized spacial score (nSPS) is 20.9. The molecule has 0 bridgehead atoms. The van der Waals surface area contributed by atoms with E-state index in [0.717, 1.165) is 32.5 Å². The highest BCUT2D eigenvalue weighted by molar-refractivity contribution is 5.78. The molecule has 0 saturated carbocycles. The summed E-state index contributed by atoms with van der Waals surface area (Å²) in [5, 5.41) is 4.18. The molecule has 2 rings (SSSR count). The number of hydrogen-bond donors (Lipinski definition) is 0. The third-order valence-corrected chi connectivity index (χ3v) is 3.46. The second-order valence-corrected chi connectivity index (χ2v) is 5.33. The quantitative estimate of drug-likeness (QED) is 0.794. The van der Waals surface area contributed by atoms with Crippen LogP contribution in [-0.4, -0.2) is 52.7 Å². The smallest absolute Gasteiger partial charge is 0.226 e. The fraction of sp³-hybridized carbons (Fsp3) is 0.692. The van der Waals surface area contributed by atoms with Crippen LogP contribution in [0.4, 0.5) is 0 Å². The fourth-order valence-corrected chi connectivity index (χ4v) is 2.58. The van der Waals surface area contributed by atoms with Crippen molar-refractivity contribution >= 4 is 5.91 Å². The van der Waals surface area contributed by atoms with Gasteiger partial charge in [0.15, 0.2) is 0 Å². The number of amides is 1. The van der Waals surface area contributed by atoms with Gasteiger partial charge in [-0.2, -0.15) is 5.10 Å². The minimum atomic E-state index is 0.158. The summed E-state index contributed by atoms with van der Waals surface area (Å²) >= 11 is 0. The third kappa shape index (κ3) is 3.10. The molecule has 1 aliphatic rings. The summed E-state index contributed by atoms with van der Waals surface area (Å²) in [6, 6.07) is 0.